The summed E-state index contributed by atoms with van der Waals surface area (Å²) >= 11 is 0. The Kier molecular flexibility index (Phi) is 6.34. The van der Waals surface area contributed by atoms with Crippen molar-refractivity contribution in [3.05, 3.63) is 35.9 Å². The Morgan fingerprint density at radius 2 is 2.13 bits per heavy atom. The summed E-state index contributed by atoms with van der Waals surface area (Å²) in [6.07, 6.45) is 3.07. The number of piperidine rings is 1. The molecule has 0 radical (unpaired) electrons. The summed E-state index contributed by atoms with van der Waals surface area (Å²) in [5.41, 5.74) is 10.1. The van der Waals surface area contributed by atoms with Gasteiger partial charge in [0, 0.05) is 44.1 Å². The van der Waals surface area contributed by atoms with Gasteiger partial charge in [0.05, 0.1) is 6.04 Å². The van der Waals surface area contributed by atoms with E-state index in [4.69, 9.17) is 10.6 Å². The van der Waals surface area contributed by atoms with Gasteiger partial charge in [-0.25, -0.2) is 15.3 Å². The van der Waals surface area contributed by atoms with Crippen LogP contribution in [0, 0.1) is 5.92 Å². The maximum atomic E-state index is 13.0. The fraction of sp³-hybridized carbons (Fsp3) is 0.591. The second-order valence-corrected chi connectivity index (χ2v) is 8.66. The first-order valence-corrected chi connectivity index (χ1v) is 10.9. The van der Waals surface area contributed by atoms with Crippen molar-refractivity contribution in [3.63, 3.8) is 0 Å². The van der Waals surface area contributed by atoms with Crippen LogP contribution >= 0.6 is 0 Å². The topological polar surface area (TPSA) is 100 Å². The van der Waals surface area contributed by atoms with Gasteiger partial charge in [-0.05, 0) is 25.2 Å². The monoisotopic (exact) mass is 413 g/mol. The number of hydrogen-bond acceptors (Lipinski definition) is 6. The summed E-state index contributed by atoms with van der Waals surface area (Å²) in [6.45, 7) is 3.99. The smallest absolute Gasteiger partial charge is 0.224 e. The van der Waals surface area contributed by atoms with Gasteiger partial charge < -0.3 is 15.5 Å². The Balaban J connectivity index is 1.34. The number of likely N-dealkylation sites (tertiary alicyclic amines) is 2. The van der Waals surface area contributed by atoms with Crippen LogP contribution in [0.25, 0.3) is 0 Å². The second kappa shape index (κ2) is 9.14. The van der Waals surface area contributed by atoms with Crippen molar-refractivity contribution in [1.82, 2.24) is 15.3 Å². The molecule has 8 nitrogen and oxygen atoms in total. The number of hydroxylamine groups is 1. The highest BCUT2D eigenvalue weighted by atomic mass is 16.7. The zero-order valence-corrected chi connectivity index (χ0v) is 17.5. The zero-order valence-electron chi connectivity index (χ0n) is 17.5. The van der Waals surface area contributed by atoms with Crippen molar-refractivity contribution in [1.29, 1.82) is 0 Å². The normalized spacial score (nSPS) is 27.7. The van der Waals surface area contributed by atoms with Crippen molar-refractivity contribution in [2.45, 2.75) is 57.3 Å². The van der Waals surface area contributed by atoms with Gasteiger partial charge in [-0.2, -0.15) is 0 Å². The van der Waals surface area contributed by atoms with Crippen molar-refractivity contribution < 1.29 is 14.4 Å². The molecule has 3 heterocycles. The van der Waals surface area contributed by atoms with Crippen LogP contribution in [-0.2, 0) is 14.4 Å². The Morgan fingerprint density at radius 1 is 1.33 bits per heavy atom. The van der Waals surface area contributed by atoms with Crippen LogP contribution in [0.1, 0.15) is 44.6 Å². The number of hydrogen-bond donors (Lipinski definition) is 2. The lowest BCUT2D eigenvalue weighted by molar-refractivity contribution is -0.138. The number of nitrogens with two attached hydrogens (primary N) is 1. The van der Waals surface area contributed by atoms with Crippen LogP contribution in [0.5, 0.6) is 0 Å². The van der Waals surface area contributed by atoms with Crippen LogP contribution in [0.4, 0.5) is 0 Å². The van der Waals surface area contributed by atoms with Gasteiger partial charge in [0.2, 0.25) is 11.8 Å². The molecule has 0 aliphatic carbocycles. The van der Waals surface area contributed by atoms with Crippen molar-refractivity contribution in [3.8, 4) is 0 Å². The fourth-order valence-electron chi connectivity index (χ4n) is 4.55. The number of rotatable bonds is 6. The third-order valence-electron chi connectivity index (χ3n) is 6.16. The van der Waals surface area contributed by atoms with Crippen LogP contribution in [0.15, 0.2) is 35.3 Å². The molecule has 2 saturated heterocycles. The molecule has 8 heteroatoms. The van der Waals surface area contributed by atoms with Crippen LogP contribution in [0.3, 0.4) is 0 Å². The molecule has 3 aliphatic rings. The number of nitrogens with zero attached hydrogens (tertiary/aromatic N) is 3. The summed E-state index contributed by atoms with van der Waals surface area (Å²) in [5, 5.41) is 0. The van der Waals surface area contributed by atoms with Crippen molar-refractivity contribution in [2.24, 2.45) is 16.6 Å². The lowest BCUT2D eigenvalue weighted by atomic mass is 9.99. The molecule has 1 aromatic carbocycles. The van der Waals surface area contributed by atoms with E-state index >= 15 is 0 Å². The quantitative estimate of drug-likeness (QED) is 0.731. The third-order valence-corrected chi connectivity index (χ3v) is 6.16. The first-order chi connectivity index (χ1) is 14.5. The first kappa shape index (κ1) is 20.8. The highest BCUT2D eigenvalue weighted by molar-refractivity contribution is 5.98. The van der Waals surface area contributed by atoms with Crippen LogP contribution < -0.4 is 11.2 Å². The molecule has 1 unspecified atom stereocenters. The van der Waals surface area contributed by atoms with Gasteiger partial charge in [0.25, 0.3) is 0 Å². The molecule has 162 valence electrons. The first-order valence-electron chi connectivity index (χ1n) is 10.9. The van der Waals surface area contributed by atoms with E-state index in [0.29, 0.717) is 31.3 Å². The summed E-state index contributed by atoms with van der Waals surface area (Å²) in [5.74, 6) is 1.32. The van der Waals surface area contributed by atoms with E-state index in [-0.39, 0.29) is 30.3 Å². The summed E-state index contributed by atoms with van der Waals surface area (Å²) in [4.78, 5) is 39.1. The van der Waals surface area contributed by atoms with Crippen LogP contribution in [0.2, 0.25) is 0 Å². The number of carbonyl (C=O) groups excluding carboxylic acids is 2. The lowest BCUT2D eigenvalue weighted by Gasteiger charge is -2.33. The van der Waals surface area contributed by atoms with Crippen molar-refractivity contribution in [2.75, 3.05) is 19.6 Å². The van der Waals surface area contributed by atoms with Gasteiger partial charge in [-0.3, -0.25) is 9.59 Å². The molecule has 1 aromatic rings. The predicted octanol–water partition coefficient (Wildman–Crippen LogP) is 1.26. The largest absolute Gasteiger partial charge is 0.341 e. The second-order valence-electron chi connectivity index (χ2n) is 8.66. The summed E-state index contributed by atoms with van der Waals surface area (Å²) in [6, 6.07) is 9.33. The number of nitrogens with one attached hydrogen (secondary N) is 1. The highest BCUT2D eigenvalue weighted by Gasteiger charge is 2.38. The maximum Gasteiger partial charge on any atom is 0.224 e. The van der Waals surface area contributed by atoms with Gasteiger partial charge >= 0.3 is 0 Å². The molecule has 3 aliphatic heterocycles. The predicted molar refractivity (Wildman–Crippen MR) is 113 cm³/mol. The molecule has 30 heavy (non-hydrogen) atoms. The number of aliphatic imine (C=N–C) groups is 1. The molecular weight excluding hydrogens is 382 g/mol. The minimum absolute atomic E-state index is 0.00877. The van der Waals surface area contributed by atoms with Gasteiger partial charge in [-0.1, -0.05) is 37.3 Å². The minimum Gasteiger partial charge on any atom is -0.341 e. The molecule has 0 bridgehead atoms. The Hall–Kier alpha value is -2.45. The Bertz CT molecular complexity index is 799. The maximum absolute atomic E-state index is 13.0. The standard InChI is InChI=1S/C22H31N5O3/c1-15-9-10-19(28)26(13-15)14-17(23)12-20(29)27-11-5-8-18(27)22-24-21(25-30-22)16-6-3-2-4-7-16/h2-4,6-7,15,17-18,22H,5,8-14,23H2,1H3,(H,24,25)/t15-,17+,18+,22?/m1/s1. The van der Waals surface area contributed by atoms with E-state index in [0.717, 1.165) is 31.4 Å². The summed E-state index contributed by atoms with van der Waals surface area (Å²) in [7, 11) is 0. The third kappa shape index (κ3) is 4.65. The molecule has 2 fully saturated rings. The van der Waals surface area contributed by atoms with Crippen LogP contribution in [-0.4, -0.2) is 65.4 Å². The Labute approximate surface area is 177 Å². The molecule has 4 rings (SSSR count). The molecule has 0 spiro atoms. The number of amides is 2. The average Bonchev–Trinajstić information content (AvgIpc) is 3.40. The molecule has 0 saturated carbocycles. The van der Waals surface area contributed by atoms with E-state index in [2.05, 4.69) is 17.4 Å². The summed E-state index contributed by atoms with van der Waals surface area (Å²) < 4.78 is 0. The molecule has 3 N–H and O–H groups in total. The van der Waals surface area contributed by atoms with Crippen molar-refractivity contribution >= 4 is 17.6 Å². The van der Waals surface area contributed by atoms with E-state index in [1.807, 2.05) is 40.1 Å². The number of benzene rings is 1. The molecule has 2 amide bonds. The lowest BCUT2D eigenvalue weighted by Crippen LogP contribution is -2.49. The van der Waals surface area contributed by atoms with Gasteiger partial charge in [0.15, 0.2) is 12.1 Å². The number of carbonyl (C=O) groups is 2. The SMILES string of the molecule is C[C@@H]1CCC(=O)N(C[C@@H](N)CC(=O)N2CCC[C@H]2C2N=C(c3ccccc3)NO2)C1. The molecular formula is C22H31N5O3. The van der Waals surface area contributed by atoms with Gasteiger partial charge in [0.1, 0.15) is 0 Å². The Morgan fingerprint density at radius 3 is 2.93 bits per heavy atom. The minimum atomic E-state index is -0.424. The van der Waals surface area contributed by atoms with E-state index in [9.17, 15) is 9.59 Å². The molecule has 0 aromatic heterocycles. The van der Waals surface area contributed by atoms with Gasteiger partial charge in [-0.15, -0.1) is 0 Å². The zero-order chi connectivity index (χ0) is 21.1. The number of amidine groups is 1. The van der Waals surface area contributed by atoms with E-state index in [1.165, 1.54) is 0 Å². The fourth-order valence-corrected chi connectivity index (χ4v) is 4.55. The van der Waals surface area contributed by atoms with E-state index in [1.54, 1.807) is 0 Å². The van der Waals surface area contributed by atoms with E-state index < -0.39 is 6.23 Å². The molecule has 4 atom stereocenters. The average molecular weight is 414 g/mol. The highest BCUT2D eigenvalue weighted by Crippen LogP contribution is 2.26.